The van der Waals surface area contributed by atoms with Crippen molar-refractivity contribution in [3.8, 4) is 5.75 Å². The summed E-state index contributed by atoms with van der Waals surface area (Å²) >= 11 is 5.88. The molecule has 2 aromatic rings. The Morgan fingerprint density at radius 3 is 2.45 bits per heavy atom. The highest BCUT2D eigenvalue weighted by atomic mass is 35.5. The largest absolute Gasteiger partial charge is 0.497 e. The number of halogens is 1. The van der Waals surface area contributed by atoms with E-state index in [0.717, 1.165) is 0 Å². The number of anilines is 2. The number of methoxy groups -OCH3 is 1. The Balaban J connectivity index is 2.47. The van der Waals surface area contributed by atoms with Crippen molar-refractivity contribution in [2.45, 2.75) is 6.92 Å². The Bertz CT molecular complexity index is 611. The van der Waals surface area contributed by atoms with Gasteiger partial charge in [-0.05, 0) is 37.3 Å². The number of carbonyl (C=O) groups is 1. The fourth-order valence-electron chi connectivity index (χ4n) is 1.69. The molecule has 0 spiro atoms. The summed E-state index contributed by atoms with van der Waals surface area (Å²) in [7, 11) is 1.56. The molecule has 1 aromatic carbocycles. The third-order valence-electron chi connectivity index (χ3n) is 2.56. The van der Waals surface area contributed by atoms with Gasteiger partial charge in [-0.2, -0.15) is 0 Å². The minimum Gasteiger partial charge on any atom is -0.497 e. The van der Waals surface area contributed by atoms with Gasteiger partial charge >= 0.3 is 6.03 Å². The quantitative estimate of drug-likeness (QED) is 0.882. The number of benzene rings is 1. The number of primary amides is 1. The third kappa shape index (κ3) is 2.97. The van der Waals surface area contributed by atoms with E-state index in [-0.39, 0.29) is 11.1 Å². The monoisotopic (exact) mass is 292 g/mol. The molecule has 0 saturated heterocycles. The molecule has 2 N–H and O–H groups in total. The minimum absolute atomic E-state index is 0.132. The fourth-order valence-corrected chi connectivity index (χ4v) is 1.92. The van der Waals surface area contributed by atoms with E-state index in [9.17, 15) is 4.79 Å². The second-order valence-electron chi connectivity index (χ2n) is 4.00. The van der Waals surface area contributed by atoms with Crippen LogP contribution in [-0.2, 0) is 0 Å². The van der Waals surface area contributed by atoms with Crippen LogP contribution in [0, 0.1) is 6.92 Å². The molecule has 104 valence electrons. The summed E-state index contributed by atoms with van der Waals surface area (Å²) in [6.45, 7) is 1.75. The van der Waals surface area contributed by atoms with E-state index in [1.54, 1.807) is 44.4 Å². The van der Waals surface area contributed by atoms with Gasteiger partial charge in [-0.3, -0.25) is 0 Å². The first kappa shape index (κ1) is 14.1. The third-order valence-corrected chi connectivity index (χ3v) is 2.76. The zero-order valence-corrected chi connectivity index (χ0v) is 11.8. The molecule has 7 heteroatoms. The van der Waals surface area contributed by atoms with Crippen LogP contribution in [0.2, 0.25) is 5.15 Å². The lowest BCUT2D eigenvalue weighted by Crippen LogP contribution is -2.33. The van der Waals surface area contributed by atoms with E-state index >= 15 is 0 Å². The molecule has 0 atom stereocenters. The first-order chi connectivity index (χ1) is 9.51. The molecule has 0 fully saturated rings. The van der Waals surface area contributed by atoms with Crippen LogP contribution in [0.1, 0.15) is 5.69 Å². The number of ether oxygens (including phenoxy) is 1. The maximum Gasteiger partial charge on any atom is 0.326 e. The van der Waals surface area contributed by atoms with Crippen molar-refractivity contribution in [1.82, 2.24) is 9.97 Å². The van der Waals surface area contributed by atoms with Crippen molar-refractivity contribution in [3.05, 3.63) is 41.2 Å². The zero-order valence-electron chi connectivity index (χ0n) is 11.0. The number of hydrogen-bond acceptors (Lipinski definition) is 4. The molecule has 0 radical (unpaired) electrons. The molecular weight excluding hydrogens is 280 g/mol. The Hall–Kier alpha value is -2.34. The van der Waals surface area contributed by atoms with Crippen LogP contribution >= 0.6 is 11.6 Å². The van der Waals surface area contributed by atoms with Gasteiger partial charge in [-0.15, -0.1) is 0 Å². The number of amides is 2. The number of carbonyl (C=O) groups excluding carboxylic acids is 1. The van der Waals surface area contributed by atoms with E-state index < -0.39 is 6.03 Å². The van der Waals surface area contributed by atoms with Gasteiger partial charge in [0.05, 0.1) is 12.8 Å². The molecular formula is C13H13ClN4O2. The van der Waals surface area contributed by atoms with Crippen LogP contribution in [0.5, 0.6) is 5.75 Å². The molecule has 2 amide bonds. The van der Waals surface area contributed by atoms with Crippen LogP contribution in [0.25, 0.3) is 0 Å². The minimum atomic E-state index is -0.697. The smallest absolute Gasteiger partial charge is 0.326 e. The maximum absolute atomic E-state index is 11.7. The number of hydrogen-bond donors (Lipinski definition) is 1. The lowest BCUT2D eigenvalue weighted by atomic mass is 10.3. The number of urea groups is 1. The van der Waals surface area contributed by atoms with Crippen molar-refractivity contribution in [3.63, 3.8) is 0 Å². The first-order valence-electron chi connectivity index (χ1n) is 5.76. The molecule has 0 aliphatic heterocycles. The second kappa shape index (κ2) is 5.75. The Kier molecular flexibility index (Phi) is 4.05. The predicted octanol–water partition coefficient (Wildman–Crippen LogP) is 2.66. The van der Waals surface area contributed by atoms with Crippen molar-refractivity contribution >= 4 is 29.3 Å². The molecule has 0 bridgehead atoms. The fraction of sp³-hybridized carbons (Fsp3) is 0.154. The van der Waals surface area contributed by atoms with Gasteiger partial charge in [-0.1, -0.05) is 11.6 Å². The summed E-state index contributed by atoms with van der Waals surface area (Å²) in [6, 6.07) is 7.69. The zero-order chi connectivity index (χ0) is 14.7. The van der Waals surface area contributed by atoms with Crippen LogP contribution in [0.4, 0.5) is 16.4 Å². The summed E-state index contributed by atoms with van der Waals surface area (Å²) < 4.78 is 5.07. The number of aromatic nitrogens is 2. The summed E-state index contributed by atoms with van der Waals surface area (Å²) in [6.07, 6.45) is 0. The highest BCUT2D eigenvalue weighted by Crippen LogP contribution is 2.25. The van der Waals surface area contributed by atoms with Gasteiger partial charge in [0.25, 0.3) is 0 Å². The highest BCUT2D eigenvalue weighted by Gasteiger charge is 2.18. The van der Waals surface area contributed by atoms with E-state index in [1.807, 2.05) is 0 Å². The van der Waals surface area contributed by atoms with Crippen LogP contribution in [0.15, 0.2) is 30.3 Å². The van der Waals surface area contributed by atoms with Gasteiger partial charge in [0.2, 0.25) is 5.95 Å². The Morgan fingerprint density at radius 2 is 1.95 bits per heavy atom. The normalized spacial score (nSPS) is 10.2. The SMILES string of the molecule is COc1ccc(N(C(N)=O)c2nc(C)cc(Cl)n2)cc1. The molecule has 2 rings (SSSR count). The summed E-state index contributed by atoms with van der Waals surface area (Å²) in [5.41, 5.74) is 6.57. The number of nitrogens with zero attached hydrogens (tertiary/aromatic N) is 3. The van der Waals surface area contributed by atoms with E-state index in [1.165, 1.54) is 4.90 Å². The Morgan fingerprint density at radius 1 is 1.30 bits per heavy atom. The molecule has 0 saturated carbocycles. The lowest BCUT2D eigenvalue weighted by Gasteiger charge is -2.19. The molecule has 20 heavy (non-hydrogen) atoms. The number of rotatable bonds is 3. The molecule has 0 unspecified atom stereocenters. The standard InChI is InChI=1S/C13H13ClN4O2/c1-8-7-11(14)17-13(16-8)18(12(15)19)9-3-5-10(20-2)6-4-9/h3-7H,1-2H3,(H2,15,19). The van der Waals surface area contributed by atoms with Crippen LogP contribution in [-0.4, -0.2) is 23.1 Å². The maximum atomic E-state index is 11.7. The van der Waals surface area contributed by atoms with Crippen molar-refractivity contribution < 1.29 is 9.53 Å². The summed E-state index contributed by atoms with van der Waals surface area (Å²) in [4.78, 5) is 21.0. The van der Waals surface area contributed by atoms with Gasteiger partial charge < -0.3 is 10.5 Å². The van der Waals surface area contributed by atoms with Crippen LogP contribution < -0.4 is 15.4 Å². The Labute approximate surface area is 121 Å². The number of nitrogens with two attached hydrogens (primary N) is 1. The lowest BCUT2D eigenvalue weighted by molar-refractivity contribution is 0.256. The second-order valence-corrected chi connectivity index (χ2v) is 4.39. The van der Waals surface area contributed by atoms with E-state index in [2.05, 4.69) is 9.97 Å². The van der Waals surface area contributed by atoms with Crippen molar-refractivity contribution in [1.29, 1.82) is 0 Å². The molecule has 0 aliphatic carbocycles. The number of aryl methyl sites for hydroxylation is 1. The summed E-state index contributed by atoms with van der Waals surface area (Å²) in [5.74, 6) is 0.800. The van der Waals surface area contributed by atoms with Gasteiger partial charge in [0, 0.05) is 5.69 Å². The average Bonchev–Trinajstić information content (AvgIpc) is 2.38. The predicted molar refractivity (Wildman–Crippen MR) is 76.5 cm³/mol. The topological polar surface area (TPSA) is 81.3 Å². The van der Waals surface area contributed by atoms with Crippen molar-refractivity contribution in [2.75, 3.05) is 12.0 Å². The molecule has 0 aliphatic rings. The van der Waals surface area contributed by atoms with Gasteiger partial charge in [-0.25, -0.2) is 19.7 Å². The first-order valence-corrected chi connectivity index (χ1v) is 6.14. The average molecular weight is 293 g/mol. The highest BCUT2D eigenvalue weighted by molar-refractivity contribution is 6.29. The molecule has 1 heterocycles. The molecule has 6 nitrogen and oxygen atoms in total. The van der Waals surface area contributed by atoms with Crippen LogP contribution in [0.3, 0.4) is 0 Å². The van der Waals surface area contributed by atoms with Crippen molar-refractivity contribution in [2.24, 2.45) is 5.73 Å². The van der Waals surface area contributed by atoms with E-state index in [0.29, 0.717) is 17.1 Å². The molecule has 1 aromatic heterocycles. The van der Waals surface area contributed by atoms with E-state index in [4.69, 9.17) is 22.1 Å². The van der Waals surface area contributed by atoms with Gasteiger partial charge in [0.1, 0.15) is 10.9 Å². The summed E-state index contributed by atoms with van der Waals surface area (Å²) in [5, 5.41) is 0.243. The van der Waals surface area contributed by atoms with Gasteiger partial charge in [0.15, 0.2) is 0 Å².